The minimum atomic E-state index is -5.26. The fraction of sp³-hybridized carbons (Fsp3) is 0.0847. The van der Waals surface area contributed by atoms with Crippen LogP contribution in [0.15, 0.2) is 182 Å². The number of nitriles is 2. The summed E-state index contributed by atoms with van der Waals surface area (Å²) in [6, 6.07) is 45.4. The summed E-state index contributed by atoms with van der Waals surface area (Å²) in [7, 11) is 0. The van der Waals surface area contributed by atoms with Crippen molar-refractivity contribution in [3.8, 4) is 34.4 Å². The summed E-state index contributed by atoms with van der Waals surface area (Å²) in [6.07, 6.45) is -21.0. The summed E-state index contributed by atoms with van der Waals surface area (Å²) in [5.74, 6) is 0. The van der Waals surface area contributed by atoms with Crippen molar-refractivity contribution in [1.82, 2.24) is 0 Å². The molecule has 0 aromatic heterocycles. The third kappa shape index (κ3) is 7.70. The van der Waals surface area contributed by atoms with E-state index < -0.39 is 63.7 Å². The molecule has 16 heteroatoms. The van der Waals surface area contributed by atoms with Crippen LogP contribution in [-0.4, -0.2) is 0 Å². The lowest BCUT2D eigenvalue weighted by molar-refractivity contribution is -0.144. The minimum absolute atomic E-state index is 0.00288. The monoisotopic (exact) mass is 1020 g/mol. The van der Waals surface area contributed by atoms with E-state index >= 15 is 0 Å². The van der Waals surface area contributed by atoms with Gasteiger partial charge >= 0.3 is 24.7 Å². The highest BCUT2D eigenvalue weighted by Crippen LogP contribution is 2.66. The summed E-state index contributed by atoms with van der Waals surface area (Å²) in [6.45, 7) is 0. The Bertz CT molecular complexity index is 3800. The minimum Gasteiger partial charge on any atom is -0.309 e. The number of hydrogen-bond donors (Lipinski definition) is 0. The van der Waals surface area contributed by atoms with Crippen molar-refractivity contribution in [2.45, 2.75) is 30.1 Å². The van der Waals surface area contributed by atoms with E-state index in [1.54, 1.807) is 66.7 Å². The lowest BCUT2D eigenvalue weighted by atomic mass is 9.70. The molecule has 9 aromatic carbocycles. The Morgan fingerprint density at radius 1 is 0.333 bits per heavy atom. The molecular formula is C59H30F12N4. The van der Waals surface area contributed by atoms with Crippen LogP contribution in [0.5, 0.6) is 0 Å². The van der Waals surface area contributed by atoms with Gasteiger partial charge in [-0.05, 0) is 129 Å². The summed E-state index contributed by atoms with van der Waals surface area (Å²) >= 11 is 0. The molecule has 0 saturated carbocycles. The number of nitrogens with zero attached hydrogens (tertiary/aromatic N) is 4. The maximum Gasteiger partial charge on any atom is 0.416 e. The van der Waals surface area contributed by atoms with Crippen molar-refractivity contribution >= 4 is 44.9 Å². The highest BCUT2D eigenvalue weighted by Gasteiger charge is 2.53. The first-order chi connectivity index (χ1) is 35.6. The van der Waals surface area contributed by atoms with E-state index in [9.17, 15) is 63.2 Å². The Morgan fingerprint density at radius 3 is 1.23 bits per heavy atom. The van der Waals surface area contributed by atoms with E-state index in [1.807, 2.05) is 36.4 Å². The van der Waals surface area contributed by atoms with E-state index in [1.165, 1.54) is 59.5 Å². The lowest BCUT2D eigenvalue weighted by Crippen LogP contribution is -2.27. The maximum atomic E-state index is 14.8. The van der Waals surface area contributed by atoms with Crippen molar-refractivity contribution < 1.29 is 52.7 Å². The number of benzene rings is 9. The number of alkyl halides is 12. The first kappa shape index (κ1) is 48.3. The quantitative estimate of drug-likeness (QED) is 0.156. The Morgan fingerprint density at radius 2 is 0.747 bits per heavy atom. The zero-order valence-corrected chi connectivity index (χ0v) is 38.1. The average Bonchev–Trinajstić information content (AvgIpc) is 3.99. The van der Waals surface area contributed by atoms with E-state index in [-0.39, 0.29) is 46.0 Å². The zero-order valence-electron chi connectivity index (χ0n) is 38.1. The molecule has 9 aromatic rings. The topological polar surface area (TPSA) is 54.1 Å². The van der Waals surface area contributed by atoms with Gasteiger partial charge < -0.3 is 9.80 Å². The summed E-state index contributed by atoms with van der Waals surface area (Å²) in [5.41, 5.74) is -4.72. The highest BCUT2D eigenvalue weighted by atomic mass is 19.4. The molecule has 0 N–H and O–H groups in total. The number of rotatable bonds is 6. The molecule has 0 amide bonds. The third-order valence-corrected chi connectivity index (χ3v) is 13.7. The Labute approximate surface area is 418 Å². The molecule has 0 bridgehead atoms. The summed E-state index contributed by atoms with van der Waals surface area (Å²) in [4.78, 5) is 2.33. The molecule has 0 fully saturated rings. The molecule has 0 aliphatic heterocycles. The third-order valence-electron chi connectivity index (χ3n) is 13.7. The van der Waals surface area contributed by atoms with Gasteiger partial charge in [0.2, 0.25) is 0 Å². The van der Waals surface area contributed by atoms with Gasteiger partial charge in [-0.2, -0.15) is 63.2 Å². The Kier molecular flexibility index (Phi) is 11.0. The normalized spacial score (nSPS) is 13.4. The molecule has 0 radical (unpaired) electrons. The molecule has 370 valence electrons. The first-order valence-electron chi connectivity index (χ1n) is 22.7. The number of halogens is 12. The van der Waals surface area contributed by atoms with Crippen LogP contribution in [0.1, 0.15) is 55.6 Å². The van der Waals surface area contributed by atoms with Crippen LogP contribution < -0.4 is 9.80 Å². The lowest BCUT2D eigenvalue weighted by Gasteiger charge is -2.34. The maximum absolute atomic E-state index is 14.8. The molecule has 11 rings (SSSR count). The van der Waals surface area contributed by atoms with Crippen LogP contribution in [0.4, 0.5) is 86.8 Å². The predicted octanol–water partition coefficient (Wildman–Crippen LogP) is 17.9. The van der Waals surface area contributed by atoms with Crippen molar-refractivity contribution in [3.05, 3.63) is 238 Å². The van der Waals surface area contributed by atoms with Gasteiger partial charge in [-0.1, -0.05) is 103 Å². The molecule has 2 aliphatic carbocycles. The average molecular weight is 1020 g/mol. The molecule has 75 heavy (non-hydrogen) atoms. The first-order valence-corrected chi connectivity index (χ1v) is 22.7. The molecule has 0 heterocycles. The van der Waals surface area contributed by atoms with E-state index in [0.717, 1.165) is 4.90 Å². The summed E-state index contributed by atoms with van der Waals surface area (Å²) in [5, 5.41) is 21.7. The number of fused-ring (bicyclic) bond motifs is 12. The molecule has 1 spiro atoms. The van der Waals surface area contributed by atoms with Crippen LogP contribution in [0.25, 0.3) is 33.0 Å². The molecule has 2 aliphatic rings. The van der Waals surface area contributed by atoms with Gasteiger partial charge in [0.25, 0.3) is 0 Å². The van der Waals surface area contributed by atoms with Gasteiger partial charge in [-0.25, -0.2) is 0 Å². The van der Waals surface area contributed by atoms with Crippen molar-refractivity contribution in [2.24, 2.45) is 0 Å². The predicted molar refractivity (Wildman–Crippen MR) is 259 cm³/mol. The standard InChI is InChI=1S/C59H30F12N4/c60-56(61,62)35-23-36(57(63,64)65)26-40(25-35)74(51-19-9-1-11-33(51)31-72)39-21-22-46-49(29-39)55(47-17-7-5-13-42(47)43-14-6-8-18-48(43)55)50-30-53(44-15-3-4-16-45(44)54(46)50)75(52-20-10-2-12-34(52)32-73)41-27-37(58(66,67)68)24-38(28-41)59(69,70)71/h1-30H. The van der Waals surface area contributed by atoms with Gasteiger partial charge in [-0.15, -0.1) is 0 Å². The molecule has 0 unspecified atom stereocenters. The van der Waals surface area contributed by atoms with Crippen molar-refractivity contribution in [3.63, 3.8) is 0 Å². The van der Waals surface area contributed by atoms with Gasteiger partial charge in [0.1, 0.15) is 12.1 Å². The van der Waals surface area contributed by atoms with Gasteiger partial charge in [-0.3, -0.25) is 0 Å². The second kappa shape index (κ2) is 17.0. The van der Waals surface area contributed by atoms with Gasteiger partial charge in [0, 0.05) is 22.4 Å². The Balaban J connectivity index is 1.28. The van der Waals surface area contributed by atoms with Crippen LogP contribution in [0, 0.1) is 22.7 Å². The van der Waals surface area contributed by atoms with Crippen LogP contribution in [-0.2, 0) is 30.1 Å². The second-order valence-corrected chi connectivity index (χ2v) is 17.9. The zero-order chi connectivity index (χ0) is 53.0. The molecule has 0 atom stereocenters. The number of anilines is 6. The van der Waals surface area contributed by atoms with Crippen LogP contribution in [0.2, 0.25) is 0 Å². The smallest absolute Gasteiger partial charge is 0.309 e. The molecule has 4 nitrogen and oxygen atoms in total. The van der Waals surface area contributed by atoms with Crippen molar-refractivity contribution in [2.75, 3.05) is 9.80 Å². The number of hydrogen-bond acceptors (Lipinski definition) is 4. The fourth-order valence-corrected chi connectivity index (χ4v) is 10.8. The van der Waals surface area contributed by atoms with Gasteiger partial charge in [0.15, 0.2) is 0 Å². The fourth-order valence-electron chi connectivity index (χ4n) is 10.8. The number of para-hydroxylation sites is 2. The highest BCUT2D eigenvalue weighted by molar-refractivity contribution is 6.12. The van der Waals surface area contributed by atoms with Crippen LogP contribution >= 0.6 is 0 Å². The van der Waals surface area contributed by atoms with E-state index in [4.69, 9.17) is 0 Å². The SMILES string of the molecule is N#Cc1ccccc1N(c1cc(C(F)(F)F)cc(C(F)(F)F)c1)c1ccc2c(c1)C1(c3ccccc3-c3ccccc31)c1cc(N(c3cc(C(F)(F)F)cc(C(F)(F)F)c3)c3ccccc3C#N)c3ccccc3c1-2. The van der Waals surface area contributed by atoms with Gasteiger partial charge in [0.05, 0.1) is 55.9 Å². The molecular weight excluding hydrogens is 993 g/mol. The largest absolute Gasteiger partial charge is 0.416 e. The van der Waals surface area contributed by atoms with E-state index in [2.05, 4.69) is 0 Å². The Hall–Kier alpha value is -9.02. The second-order valence-electron chi connectivity index (χ2n) is 17.9. The van der Waals surface area contributed by atoms with Crippen molar-refractivity contribution in [1.29, 1.82) is 10.5 Å². The van der Waals surface area contributed by atoms with Crippen LogP contribution in [0.3, 0.4) is 0 Å². The van der Waals surface area contributed by atoms with E-state index in [0.29, 0.717) is 79.5 Å². The molecule has 0 saturated heterocycles. The summed E-state index contributed by atoms with van der Waals surface area (Å²) < 4.78 is 176.